The molecule has 1 N–H and O–H groups in total. The van der Waals surface area contributed by atoms with E-state index in [4.69, 9.17) is 11.6 Å². The summed E-state index contributed by atoms with van der Waals surface area (Å²) in [5.41, 5.74) is 1.58. The highest BCUT2D eigenvalue weighted by Crippen LogP contribution is 2.24. The molecule has 0 saturated heterocycles. The number of esters is 1. The Morgan fingerprint density at radius 3 is 2.73 bits per heavy atom. The van der Waals surface area contributed by atoms with E-state index >= 15 is 0 Å². The molecule has 0 aliphatic heterocycles. The molecular formula is C14H14ClNO4S2. The van der Waals surface area contributed by atoms with E-state index in [0.717, 1.165) is 16.9 Å². The van der Waals surface area contributed by atoms with Crippen LogP contribution < -0.4 is 4.72 Å². The molecule has 1 aromatic heterocycles. The Morgan fingerprint density at radius 1 is 1.36 bits per heavy atom. The molecule has 2 rings (SSSR count). The fourth-order valence-electron chi connectivity index (χ4n) is 1.89. The molecule has 8 heteroatoms. The van der Waals surface area contributed by atoms with Crippen molar-refractivity contribution in [3.63, 3.8) is 0 Å². The Labute approximate surface area is 137 Å². The number of halogens is 1. The smallest absolute Gasteiger partial charge is 0.349 e. The van der Waals surface area contributed by atoms with Gasteiger partial charge in [-0.3, -0.25) is 0 Å². The summed E-state index contributed by atoms with van der Waals surface area (Å²) < 4.78 is 31.8. The van der Waals surface area contributed by atoms with Gasteiger partial charge in [-0.15, -0.1) is 11.3 Å². The highest BCUT2D eigenvalue weighted by molar-refractivity contribution is 7.89. The lowest BCUT2D eigenvalue weighted by Crippen LogP contribution is -2.25. The van der Waals surface area contributed by atoms with Crippen LogP contribution in [-0.4, -0.2) is 21.5 Å². The molecule has 0 fully saturated rings. The van der Waals surface area contributed by atoms with Gasteiger partial charge in [0.05, 0.1) is 7.11 Å². The third kappa shape index (κ3) is 3.49. The topological polar surface area (TPSA) is 72.5 Å². The van der Waals surface area contributed by atoms with Crippen molar-refractivity contribution in [3.05, 3.63) is 50.7 Å². The zero-order valence-electron chi connectivity index (χ0n) is 11.9. The van der Waals surface area contributed by atoms with E-state index in [0.29, 0.717) is 10.6 Å². The van der Waals surface area contributed by atoms with Crippen LogP contribution >= 0.6 is 22.9 Å². The molecule has 0 amide bonds. The summed E-state index contributed by atoms with van der Waals surface area (Å²) in [5, 5.41) is 2.02. The molecule has 0 radical (unpaired) electrons. The Hall–Kier alpha value is -1.41. The molecule has 118 valence electrons. The molecule has 0 spiro atoms. The van der Waals surface area contributed by atoms with Crippen LogP contribution in [0.2, 0.25) is 5.02 Å². The summed E-state index contributed by atoms with van der Waals surface area (Å²) in [7, 11) is -2.63. The van der Waals surface area contributed by atoms with E-state index in [2.05, 4.69) is 9.46 Å². The van der Waals surface area contributed by atoms with E-state index in [1.54, 1.807) is 12.1 Å². The van der Waals surface area contributed by atoms with E-state index in [1.165, 1.54) is 18.6 Å². The van der Waals surface area contributed by atoms with Crippen LogP contribution in [0.25, 0.3) is 0 Å². The third-order valence-corrected chi connectivity index (χ3v) is 5.90. The second-order valence-electron chi connectivity index (χ2n) is 4.47. The lowest BCUT2D eigenvalue weighted by Gasteiger charge is -2.10. The Balaban J connectivity index is 2.26. The van der Waals surface area contributed by atoms with Gasteiger partial charge in [-0.25, -0.2) is 17.9 Å². The minimum Gasteiger partial charge on any atom is -0.465 e. The molecule has 0 atom stereocenters. The molecular weight excluding hydrogens is 346 g/mol. The first-order valence-corrected chi connectivity index (χ1v) is 9.00. The van der Waals surface area contributed by atoms with Crippen molar-refractivity contribution < 1.29 is 17.9 Å². The lowest BCUT2D eigenvalue weighted by atomic mass is 10.1. The summed E-state index contributed by atoms with van der Waals surface area (Å²) in [6, 6.07) is 6.71. The molecule has 5 nitrogen and oxygen atoms in total. The molecule has 1 heterocycles. The van der Waals surface area contributed by atoms with Crippen molar-refractivity contribution in [2.24, 2.45) is 0 Å². The average molecular weight is 360 g/mol. The predicted molar refractivity (Wildman–Crippen MR) is 85.9 cm³/mol. The lowest BCUT2D eigenvalue weighted by molar-refractivity contribution is 0.0602. The highest BCUT2D eigenvalue weighted by atomic mass is 35.5. The number of aryl methyl sites for hydroxylation is 1. The highest BCUT2D eigenvalue weighted by Gasteiger charge is 2.24. The van der Waals surface area contributed by atoms with E-state index in [1.807, 2.05) is 13.0 Å². The van der Waals surface area contributed by atoms with Crippen molar-refractivity contribution in [1.82, 2.24) is 4.72 Å². The Bertz CT molecular complexity index is 779. The van der Waals surface area contributed by atoms with E-state index in [-0.39, 0.29) is 16.3 Å². The maximum Gasteiger partial charge on any atom is 0.349 e. The van der Waals surface area contributed by atoms with Crippen LogP contribution in [0.3, 0.4) is 0 Å². The van der Waals surface area contributed by atoms with Crippen LogP contribution in [0, 0.1) is 6.92 Å². The minimum atomic E-state index is -3.83. The van der Waals surface area contributed by atoms with E-state index < -0.39 is 16.0 Å². The summed E-state index contributed by atoms with van der Waals surface area (Å²) >= 11 is 7.10. The number of sulfonamides is 1. The normalized spacial score (nSPS) is 11.4. The van der Waals surface area contributed by atoms with Crippen LogP contribution in [0.1, 0.15) is 20.8 Å². The Kier molecular flexibility index (Phi) is 5.23. The number of carbonyl (C=O) groups excluding carboxylic acids is 1. The van der Waals surface area contributed by atoms with Gasteiger partial charge in [0.25, 0.3) is 0 Å². The third-order valence-electron chi connectivity index (χ3n) is 3.08. The summed E-state index contributed by atoms with van der Waals surface area (Å²) in [5.74, 6) is -0.677. The van der Waals surface area contributed by atoms with E-state index in [9.17, 15) is 13.2 Å². The van der Waals surface area contributed by atoms with Crippen molar-refractivity contribution in [2.45, 2.75) is 18.4 Å². The zero-order chi connectivity index (χ0) is 16.3. The van der Waals surface area contributed by atoms with Crippen molar-refractivity contribution >= 4 is 38.9 Å². The van der Waals surface area contributed by atoms with Gasteiger partial charge >= 0.3 is 5.97 Å². The van der Waals surface area contributed by atoms with Crippen LogP contribution in [0.5, 0.6) is 0 Å². The first kappa shape index (κ1) is 17.0. The molecule has 2 aromatic rings. The number of nitrogens with one attached hydrogen (secondary N) is 1. The molecule has 0 saturated carbocycles. The van der Waals surface area contributed by atoms with Crippen LogP contribution in [0.15, 0.2) is 34.5 Å². The van der Waals surface area contributed by atoms with Crippen molar-refractivity contribution in [1.29, 1.82) is 0 Å². The largest absolute Gasteiger partial charge is 0.465 e. The second kappa shape index (κ2) is 6.78. The molecule has 0 bridgehead atoms. The second-order valence-corrected chi connectivity index (χ2v) is 7.52. The fraction of sp³-hybridized carbons (Fsp3) is 0.214. The van der Waals surface area contributed by atoms with Gasteiger partial charge < -0.3 is 4.74 Å². The van der Waals surface area contributed by atoms with Gasteiger partial charge in [0, 0.05) is 11.6 Å². The molecule has 0 unspecified atom stereocenters. The average Bonchev–Trinajstić information content (AvgIpc) is 2.96. The number of methoxy groups -OCH3 is 1. The zero-order valence-corrected chi connectivity index (χ0v) is 14.3. The van der Waals surface area contributed by atoms with Crippen molar-refractivity contribution in [3.8, 4) is 0 Å². The molecule has 1 aromatic carbocycles. The molecule has 0 aliphatic rings. The maximum atomic E-state index is 12.4. The molecule has 22 heavy (non-hydrogen) atoms. The predicted octanol–water partition coefficient (Wildman–Crippen LogP) is 2.98. The van der Waals surface area contributed by atoms with Gasteiger partial charge in [-0.1, -0.05) is 23.7 Å². The fourth-order valence-corrected chi connectivity index (χ4v) is 4.50. The standard InChI is InChI=1S/C14H14ClNO4S2/c1-9-4-3-5-11(15)10(9)8-16-22(18,19)12-6-7-21-13(12)14(17)20-2/h3-7,16H,8H2,1-2H3. The van der Waals surface area contributed by atoms with Crippen LogP contribution in [-0.2, 0) is 21.3 Å². The van der Waals surface area contributed by atoms with Gasteiger partial charge in [-0.05, 0) is 35.6 Å². The number of ether oxygens (including phenoxy) is 1. The maximum absolute atomic E-state index is 12.4. The number of thiophene rings is 1. The van der Waals surface area contributed by atoms with Crippen molar-refractivity contribution in [2.75, 3.05) is 7.11 Å². The first-order valence-electron chi connectivity index (χ1n) is 6.26. The van der Waals surface area contributed by atoms with Gasteiger partial charge in [0.2, 0.25) is 10.0 Å². The summed E-state index contributed by atoms with van der Waals surface area (Å²) in [6.07, 6.45) is 0. The SMILES string of the molecule is COC(=O)c1sccc1S(=O)(=O)NCc1c(C)cccc1Cl. The Morgan fingerprint density at radius 2 is 2.09 bits per heavy atom. The number of hydrogen-bond acceptors (Lipinski definition) is 5. The van der Waals surface area contributed by atoms with Crippen LogP contribution in [0.4, 0.5) is 0 Å². The number of benzene rings is 1. The first-order chi connectivity index (χ1) is 10.4. The monoisotopic (exact) mass is 359 g/mol. The summed E-state index contributed by atoms with van der Waals surface area (Å²) in [4.78, 5) is 11.6. The number of carbonyl (C=O) groups is 1. The molecule has 0 aliphatic carbocycles. The van der Waals surface area contributed by atoms with Gasteiger partial charge in [0.1, 0.15) is 9.77 Å². The number of hydrogen-bond donors (Lipinski definition) is 1. The van der Waals surface area contributed by atoms with Gasteiger partial charge in [-0.2, -0.15) is 0 Å². The quantitative estimate of drug-likeness (QED) is 0.833. The van der Waals surface area contributed by atoms with Gasteiger partial charge in [0.15, 0.2) is 0 Å². The summed E-state index contributed by atoms with van der Waals surface area (Å²) in [6.45, 7) is 1.89. The minimum absolute atomic E-state index is 0.0459. The number of rotatable bonds is 5.